The molecule has 0 aliphatic heterocycles. The van der Waals surface area contributed by atoms with Gasteiger partial charge in [-0.1, -0.05) is 45.1 Å². The summed E-state index contributed by atoms with van der Waals surface area (Å²) in [6, 6.07) is 0. The Labute approximate surface area is 111 Å². The average molecular weight is 250 g/mol. The van der Waals surface area contributed by atoms with Crippen molar-refractivity contribution < 1.29 is 9.53 Å². The van der Waals surface area contributed by atoms with E-state index >= 15 is 0 Å². The van der Waals surface area contributed by atoms with Crippen LogP contribution < -0.4 is 0 Å². The van der Waals surface area contributed by atoms with Crippen LogP contribution in [0.5, 0.6) is 0 Å². The summed E-state index contributed by atoms with van der Waals surface area (Å²) in [5, 5.41) is 0. The fourth-order valence-corrected chi connectivity index (χ4v) is 2.17. The fourth-order valence-electron chi connectivity index (χ4n) is 2.17. The van der Waals surface area contributed by atoms with Gasteiger partial charge >= 0.3 is 5.97 Å². The molecule has 0 atom stereocenters. The largest absolute Gasteiger partial charge is 0.428 e. The third kappa shape index (κ3) is 6.63. The summed E-state index contributed by atoms with van der Waals surface area (Å²) in [6.07, 6.45) is 14.2. The van der Waals surface area contributed by atoms with Gasteiger partial charge in [-0.25, -0.2) is 4.79 Å². The molecule has 0 saturated carbocycles. The average Bonchev–Trinajstić information content (AvgIpc) is 2.32. The third-order valence-corrected chi connectivity index (χ3v) is 3.32. The maximum absolute atomic E-state index is 11.5. The predicted octanol–water partition coefficient (Wildman–Crippen LogP) is 4.90. The number of carbonyl (C=O) groups is 1. The molecule has 0 bridgehead atoms. The standard InChI is InChI=1S/C16H26O2/c1-14(2)16(17)18-15-12-10-8-6-4-3-5-7-9-11-13-15/h12H,1,3-11,13H2,2H3/b15-12+. The fraction of sp³-hybridized carbons (Fsp3) is 0.688. The van der Waals surface area contributed by atoms with Gasteiger partial charge in [0.1, 0.15) is 5.76 Å². The van der Waals surface area contributed by atoms with Crippen molar-refractivity contribution in [2.45, 2.75) is 71.1 Å². The molecule has 1 aliphatic carbocycles. The summed E-state index contributed by atoms with van der Waals surface area (Å²) in [5.41, 5.74) is 0.474. The Hall–Kier alpha value is -1.05. The Balaban J connectivity index is 2.48. The Bertz CT molecular complexity index is 302. The second-order valence-electron chi connectivity index (χ2n) is 5.21. The van der Waals surface area contributed by atoms with Crippen LogP contribution in [0.3, 0.4) is 0 Å². The number of hydrogen-bond donors (Lipinski definition) is 0. The highest BCUT2D eigenvalue weighted by molar-refractivity contribution is 5.87. The second kappa shape index (κ2) is 8.96. The summed E-state index contributed by atoms with van der Waals surface area (Å²) < 4.78 is 5.38. The molecule has 18 heavy (non-hydrogen) atoms. The summed E-state index contributed by atoms with van der Waals surface area (Å²) in [6.45, 7) is 5.31. The molecule has 2 nitrogen and oxygen atoms in total. The second-order valence-corrected chi connectivity index (χ2v) is 5.21. The molecule has 0 radical (unpaired) electrons. The quantitative estimate of drug-likeness (QED) is 0.514. The Morgan fingerprint density at radius 2 is 1.61 bits per heavy atom. The molecule has 0 spiro atoms. The predicted molar refractivity (Wildman–Crippen MR) is 75.2 cm³/mol. The van der Waals surface area contributed by atoms with Crippen LogP contribution in [0.2, 0.25) is 0 Å². The summed E-state index contributed by atoms with van der Waals surface area (Å²) in [4.78, 5) is 11.5. The first-order valence-electron chi connectivity index (χ1n) is 7.27. The number of esters is 1. The van der Waals surface area contributed by atoms with Crippen LogP contribution in [-0.2, 0) is 9.53 Å². The van der Waals surface area contributed by atoms with Gasteiger partial charge in [-0.15, -0.1) is 0 Å². The van der Waals surface area contributed by atoms with Gasteiger partial charge in [0.25, 0.3) is 0 Å². The van der Waals surface area contributed by atoms with Crippen molar-refractivity contribution in [2.75, 3.05) is 0 Å². The maximum Gasteiger partial charge on any atom is 0.338 e. The number of rotatable bonds is 2. The Morgan fingerprint density at radius 3 is 2.22 bits per heavy atom. The highest BCUT2D eigenvalue weighted by Gasteiger charge is 2.08. The number of allylic oxidation sites excluding steroid dienone is 2. The van der Waals surface area contributed by atoms with Crippen LogP contribution in [0.4, 0.5) is 0 Å². The maximum atomic E-state index is 11.5. The van der Waals surface area contributed by atoms with E-state index in [-0.39, 0.29) is 5.97 Å². The lowest BCUT2D eigenvalue weighted by Crippen LogP contribution is -2.05. The first kappa shape index (κ1) is 15.0. The third-order valence-electron chi connectivity index (χ3n) is 3.32. The van der Waals surface area contributed by atoms with Crippen molar-refractivity contribution in [3.63, 3.8) is 0 Å². The lowest BCUT2D eigenvalue weighted by atomic mass is 10.0. The van der Waals surface area contributed by atoms with E-state index in [1.54, 1.807) is 6.92 Å². The molecule has 0 aromatic heterocycles. The topological polar surface area (TPSA) is 26.3 Å². The van der Waals surface area contributed by atoms with E-state index in [2.05, 4.69) is 12.7 Å². The number of carbonyl (C=O) groups excluding carboxylic acids is 1. The molecule has 0 N–H and O–H groups in total. The highest BCUT2D eigenvalue weighted by atomic mass is 16.5. The molecule has 0 unspecified atom stereocenters. The van der Waals surface area contributed by atoms with Gasteiger partial charge in [0.15, 0.2) is 0 Å². The van der Waals surface area contributed by atoms with Gasteiger partial charge in [-0.3, -0.25) is 0 Å². The van der Waals surface area contributed by atoms with E-state index in [9.17, 15) is 4.79 Å². The first-order valence-corrected chi connectivity index (χ1v) is 7.27. The van der Waals surface area contributed by atoms with Crippen LogP contribution in [0.25, 0.3) is 0 Å². The minimum absolute atomic E-state index is 0.284. The minimum atomic E-state index is -0.284. The van der Waals surface area contributed by atoms with E-state index in [4.69, 9.17) is 4.74 Å². The highest BCUT2D eigenvalue weighted by Crippen LogP contribution is 2.18. The van der Waals surface area contributed by atoms with Crippen molar-refractivity contribution >= 4 is 5.97 Å². The minimum Gasteiger partial charge on any atom is -0.428 e. The van der Waals surface area contributed by atoms with Crippen LogP contribution in [-0.4, -0.2) is 5.97 Å². The zero-order chi connectivity index (χ0) is 13.2. The number of hydrogen-bond acceptors (Lipinski definition) is 2. The molecular weight excluding hydrogens is 224 g/mol. The molecule has 0 aromatic rings. The van der Waals surface area contributed by atoms with Crippen molar-refractivity contribution in [2.24, 2.45) is 0 Å². The zero-order valence-electron chi connectivity index (χ0n) is 11.7. The van der Waals surface area contributed by atoms with Gasteiger partial charge in [0.05, 0.1) is 0 Å². The van der Waals surface area contributed by atoms with Crippen LogP contribution in [0.15, 0.2) is 24.0 Å². The zero-order valence-corrected chi connectivity index (χ0v) is 11.7. The van der Waals surface area contributed by atoms with E-state index in [0.717, 1.165) is 25.0 Å². The molecular formula is C16H26O2. The van der Waals surface area contributed by atoms with Gasteiger partial charge in [0.2, 0.25) is 0 Å². The van der Waals surface area contributed by atoms with Crippen molar-refractivity contribution in [1.29, 1.82) is 0 Å². The molecule has 0 aromatic carbocycles. The molecule has 2 heteroatoms. The molecule has 1 rings (SSSR count). The van der Waals surface area contributed by atoms with Crippen molar-refractivity contribution in [3.05, 3.63) is 24.0 Å². The van der Waals surface area contributed by atoms with Gasteiger partial charge in [-0.2, -0.15) is 0 Å². The molecule has 0 saturated heterocycles. The smallest absolute Gasteiger partial charge is 0.338 e. The van der Waals surface area contributed by atoms with E-state index in [1.165, 1.54) is 44.9 Å². The van der Waals surface area contributed by atoms with Gasteiger partial charge < -0.3 is 4.74 Å². The monoisotopic (exact) mass is 250 g/mol. The van der Waals surface area contributed by atoms with Crippen LogP contribution in [0.1, 0.15) is 71.1 Å². The van der Waals surface area contributed by atoms with E-state index in [0.29, 0.717) is 5.57 Å². The van der Waals surface area contributed by atoms with E-state index < -0.39 is 0 Å². The molecule has 1 aliphatic rings. The lowest BCUT2D eigenvalue weighted by molar-refractivity contribution is -0.135. The Morgan fingerprint density at radius 1 is 1.06 bits per heavy atom. The summed E-state index contributed by atoms with van der Waals surface area (Å²) in [5.74, 6) is 0.567. The normalized spacial score (nSPS) is 21.9. The van der Waals surface area contributed by atoms with Crippen LogP contribution in [0, 0.1) is 0 Å². The Kier molecular flexibility index (Phi) is 7.47. The number of ether oxygens (including phenoxy) is 1. The SMILES string of the molecule is C=C(C)C(=O)O/C1=C/CCCCCCCCCC1. The lowest BCUT2D eigenvalue weighted by Gasteiger charge is -2.10. The summed E-state index contributed by atoms with van der Waals surface area (Å²) in [7, 11) is 0. The van der Waals surface area contributed by atoms with Crippen molar-refractivity contribution in [1.82, 2.24) is 0 Å². The molecule has 0 heterocycles. The van der Waals surface area contributed by atoms with E-state index in [1.807, 2.05) is 0 Å². The van der Waals surface area contributed by atoms with Gasteiger partial charge in [-0.05, 0) is 32.3 Å². The first-order chi connectivity index (χ1) is 8.70. The van der Waals surface area contributed by atoms with Crippen molar-refractivity contribution in [3.8, 4) is 0 Å². The van der Waals surface area contributed by atoms with Crippen LogP contribution >= 0.6 is 0 Å². The van der Waals surface area contributed by atoms with Gasteiger partial charge in [0, 0.05) is 12.0 Å². The molecule has 0 fully saturated rings. The summed E-state index contributed by atoms with van der Waals surface area (Å²) >= 11 is 0. The molecule has 0 amide bonds. The molecule has 102 valence electrons.